The van der Waals surface area contributed by atoms with Gasteiger partial charge < -0.3 is 9.52 Å². The minimum absolute atomic E-state index is 0.274. The van der Waals surface area contributed by atoms with Gasteiger partial charge in [-0.2, -0.15) is 0 Å². The predicted octanol–water partition coefficient (Wildman–Crippen LogP) is 3.64. The molecule has 1 N–H and O–H groups in total. The average molecular weight is 267 g/mol. The Morgan fingerprint density at radius 3 is 2.67 bits per heavy atom. The summed E-state index contributed by atoms with van der Waals surface area (Å²) in [5.41, 5.74) is 1.09. The number of aromatic nitrogens is 1. The zero-order chi connectivity index (χ0) is 13.3. The Hall–Kier alpha value is -1.33. The van der Waals surface area contributed by atoms with Crippen LogP contribution in [0.25, 0.3) is 0 Å². The Kier molecular flexibility index (Phi) is 3.73. The van der Waals surface area contributed by atoms with Crippen molar-refractivity contribution in [3.05, 3.63) is 41.0 Å². The molecule has 1 unspecified atom stereocenters. The van der Waals surface area contributed by atoms with Crippen LogP contribution >= 0.6 is 11.8 Å². The van der Waals surface area contributed by atoms with E-state index in [1.807, 2.05) is 13.8 Å². The van der Waals surface area contributed by atoms with Gasteiger partial charge >= 0.3 is 0 Å². The van der Waals surface area contributed by atoms with Crippen LogP contribution in [0.15, 0.2) is 32.7 Å². The number of rotatable bonds is 3. The van der Waals surface area contributed by atoms with Gasteiger partial charge in [-0.1, -0.05) is 6.07 Å². The topological polar surface area (TPSA) is 46.3 Å². The van der Waals surface area contributed by atoms with Gasteiger partial charge in [-0.15, -0.1) is 0 Å². The lowest BCUT2D eigenvalue weighted by molar-refractivity contribution is 0.191. The van der Waals surface area contributed by atoms with Crippen molar-refractivity contribution in [1.82, 2.24) is 4.98 Å². The second-order valence-corrected chi connectivity index (χ2v) is 5.04. The third kappa shape index (κ3) is 2.57. The minimum atomic E-state index is -0.870. The number of hydrogen-bond acceptors (Lipinski definition) is 4. The lowest BCUT2D eigenvalue weighted by Crippen LogP contribution is -1.98. The standard InChI is InChI=1S/C13H14FNO2S/c1-7-9(3)17-13(15-7)18-11-6-4-5-10(14)12(11)8(2)16/h4-6,8,16H,1-3H3. The first-order valence-electron chi connectivity index (χ1n) is 5.57. The van der Waals surface area contributed by atoms with Crippen LogP contribution in [0.3, 0.4) is 0 Å². The second-order valence-electron chi connectivity index (χ2n) is 4.05. The van der Waals surface area contributed by atoms with Gasteiger partial charge in [-0.05, 0) is 44.7 Å². The Morgan fingerprint density at radius 2 is 2.11 bits per heavy atom. The van der Waals surface area contributed by atoms with Gasteiger partial charge in [0, 0.05) is 10.5 Å². The number of nitrogens with zero attached hydrogens (tertiary/aromatic N) is 1. The quantitative estimate of drug-likeness (QED) is 0.922. The minimum Gasteiger partial charge on any atom is -0.436 e. The smallest absolute Gasteiger partial charge is 0.261 e. The third-order valence-electron chi connectivity index (χ3n) is 2.64. The Labute approximate surface area is 109 Å². The van der Waals surface area contributed by atoms with E-state index in [9.17, 15) is 9.50 Å². The lowest BCUT2D eigenvalue weighted by atomic mass is 10.1. The molecule has 0 amide bonds. The fourth-order valence-corrected chi connectivity index (χ4v) is 2.65. The molecule has 2 rings (SSSR count). The summed E-state index contributed by atoms with van der Waals surface area (Å²) in [5.74, 6) is 0.322. The summed E-state index contributed by atoms with van der Waals surface area (Å²) >= 11 is 1.21. The Morgan fingerprint density at radius 1 is 1.39 bits per heavy atom. The van der Waals surface area contributed by atoms with Gasteiger partial charge in [0.1, 0.15) is 11.6 Å². The van der Waals surface area contributed by atoms with Gasteiger partial charge in [0.2, 0.25) is 0 Å². The molecule has 0 aliphatic rings. The summed E-state index contributed by atoms with van der Waals surface area (Å²) in [6, 6.07) is 4.68. The van der Waals surface area contributed by atoms with Crippen LogP contribution in [0.5, 0.6) is 0 Å². The number of hydrogen-bond donors (Lipinski definition) is 1. The molecule has 1 aromatic heterocycles. The summed E-state index contributed by atoms with van der Waals surface area (Å²) in [4.78, 5) is 4.84. The molecule has 2 aromatic rings. The molecule has 0 aliphatic heterocycles. The third-order valence-corrected chi connectivity index (χ3v) is 3.56. The maximum Gasteiger partial charge on any atom is 0.261 e. The predicted molar refractivity (Wildman–Crippen MR) is 67.1 cm³/mol. The molecule has 0 saturated carbocycles. The maximum atomic E-state index is 13.7. The van der Waals surface area contributed by atoms with Crippen LogP contribution in [0, 0.1) is 19.7 Å². The van der Waals surface area contributed by atoms with Gasteiger partial charge in [-0.25, -0.2) is 9.37 Å². The van der Waals surface area contributed by atoms with E-state index in [4.69, 9.17) is 4.42 Å². The molecule has 1 atom stereocenters. The first kappa shape index (κ1) is 13.1. The van der Waals surface area contributed by atoms with Gasteiger partial charge in [0.25, 0.3) is 5.22 Å². The number of benzene rings is 1. The first-order valence-corrected chi connectivity index (χ1v) is 6.39. The molecule has 0 bridgehead atoms. The van der Waals surface area contributed by atoms with E-state index in [2.05, 4.69) is 4.98 Å². The molecular weight excluding hydrogens is 253 g/mol. The molecule has 0 fully saturated rings. The number of halogens is 1. The highest BCUT2D eigenvalue weighted by atomic mass is 32.2. The first-order chi connectivity index (χ1) is 8.49. The average Bonchev–Trinajstić information content (AvgIpc) is 2.57. The normalized spacial score (nSPS) is 12.7. The largest absolute Gasteiger partial charge is 0.436 e. The highest BCUT2D eigenvalue weighted by Crippen LogP contribution is 2.34. The van der Waals surface area contributed by atoms with Crippen molar-refractivity contribution in [3.63, 3.8) is 0 Å². The van der Waals surface area contributed by atoms with Crippen molar-refractivity contribution in [2.45, 2.75) is 37.0 Å². The van der Waals surface area contributed by atoms with Crippen molar-refractivity contribution < 1.29 is 13.9 Å². The molecule has 0 aliphatic carbocycles. The summed E-state index contributed by atoms with van der Waals surface area (Å²) in [7, 11) is 0. The number of aliphatic hydroxyl groups excluding tert-OH is 1. The SMILES string of the molecule is Cc1nc(Sc2cccc(F)c2C(C)O)oc1C. The zero-order valence-electron chi connectivity index (χ0n) is 10.4. The molecule has 5 heteroatoms. The molecule has 18 heavy (non-hydrogen) atoms. The molecule has 0 radical (unpaired) electrons. The number of aliphatic hydroxyl groups is 1. The van der Waals surface area contributed by atoms with Crippen LogP contribution in [0.4, 0.5) is 4.39 Å². The maximum absolute atomic E-state index is 13.7. The Bertz CT molecular complexity index is 547. The van der Waals surface area contributed by atoms with Crippen LogP contribution in [0.1, 0.15) is 30.0 Å². The van der Waals surface area contributed by atoms with Gasteiger partial charge in [0.15, 0.2) is 0 Å². The molecule has 1 aromatic carbocycles. The van der Waals surface area contributed by atoms with E-state index < -0.39 is 11.9 Å². The fraction of sp³-hybridized carbons (Fsp3) is 0.308. The van der Waals surface area contributed by atoms with Crippen LogP contribution in [0.2, 0.25) is 0 Å². The summed E-state index contributed by atoms with van der Waals surface area (Å²) in [5, 5.41) is 10.1. The van der Waals surface area contributed by atoms with Crippen molar-refractivity contribution in [3.8, 4) is 0 Å². The summed E-state index contributed by atoms with van der Waals surface area (Å²) in [6.07, 6.45) is -0.870. The van der Waals surface area contributed by atoms with E-state index in [0.717, 1.165) is 11.5 Å². The molecule has 96 valence electrons. The monoisotopic (exact) mass is 267 g/mol. The second kappa shape index (κ2) is 5.12. The summed E-state index contributed by atoms with van der Waals surface area (Å²) in [6.45, 7) is 5.21. The van der Waals surface area contributed by atoms with E-state index in [1.54, 1.807) is 12.1 Å². The zero-order valence-corrected chi connectivity index (χ0v) is 11.2. The summed E-state index contributed by atoms with van der Waals surface area (Å²) < 4.78 is 19.1. The van der Waals surface area contributed by atoms with Crippen molar-refractivity contribution in [2.75, 3.05) is 0 Å². The van der Waals surface area contributed by atoms with E-state index in [0.29, 0.717) is 10.1 Å². The highest BCUT2D eigenvalue weighted by Gasteiger charge is 2.16. The van der Waals surface area contributed by atoms with Gasteiger partial charge in [-0.3, -0.25) is 0 Å². The lowest BCUT2D eigenvalue weighted by Gasteiger charge is -2.10. The van der Waals surface area contributed by atoms with E-state index in [1.165, 1.54) is 24.8 Å². The molecule has 3 nitrogen and oxygen atoms in total. The Balaban J connectivity index is 2.37. The van der Waals surface area contributed by atoms with Gasteiger partial charge in [0.05, 0.1) is 11.8 Å². The van der Waals surface area contributed by atoms with Crippen molar-refractivity contribution >= 4 is 11.8 Å². The van der Waals surface area contributed by atoms with Crippen LogP contribution in [-0.4, -0.2) is 10.1 Å². The molecular formula is C13H14FNO2S. The van der Waals surface area contributed by atoms with Crippen LogP contribution in [-0.2, 0) is 0 Å². The fourth-order valence-electron chi connectivity index (χ4n) is 1.59. The molecule has 0 saturated heterocycles. The molecule has 0 spiro atoms. The van der Waals surface area contributed by atoms with Crippen molar-refractivity contribution in [2.24, 2.45) is 0 Å². The van der Waals surface area contributed by atoms with Crippen molar-refractivity contribution in [1.29, 1.82) is 0 Å². The van der Waals surface area contributed by atoms with Crippen LogP contribution < -0.4 is 0 Å². The van der Waals surface area contributed by atoms with E-state index in [-0.39, 0.29) is 5.56 Å². The molecule has 1 heterocycles. The number of oxazole rings is 1. The van der Waals surface area contributed by atoms with E-state index >= 15 is 0 Å². The highest BCUT2D eigenvalue weighted by molar-refractivity contribution is 7.99. The number of aryl methyl sites for hydroxylation is 2.